The maximum Gasteiger partial charge on any atom is 0.273 e. The second kappa shape index (κ2) is 6.10. The first-order valence-electron chi connectivity index (χ1n) is 5.87. The van der Waals surface area contributed by atoms with Crippen molar-refractivity contribution in [3.05, 3.63) is 36.3 Å². The zero-order chi connectivity index (χ0) is 13.7. The van der Waals surface area contributed by atoms with Crippen LogP contribution in [0.25, 0.3) is 11.3 Å². The van der Waals surface area contributed by atoms with Crippen molar-refractivity contribution < 1.29 is 14.1 Å². The summed E-state index contributed by atoms with van der Waals surface area (Å²) < 4.78 is 10.1. The van der Waals surface area contributed by atoms with E-state index in [4.69, 9.17) is 9.26 Å². The van der Waals surface area contributed by atoms with Crippen molar-refractivity contribution in [2.75, 3.05) is 13.7 Å². The molecule has 0 unspecified atom stereocenters. The lowest BCUT2D eigenvalue weighted by Crippen LogP contribution is -2.35. The number of ether oxygens (including phenoxy) is 1. The molecule has 1 atom stereocenters. The molecule has 6 heteroatoms. The lowest BCUT2D eigenvalue weighted by molar-refractivity contribution is 0.0896. The lowest BCUT2D eigenvalue weighted by atomic mass is 10.2. The van der Waals surface area contributed by atoms with Crippen LogP contribution in [0.2, 0.25) is 0 Å². The zero-order valence-corrected chi connectivity index (χ0v) is 10.8. The van der Waals surface area contributed by atoms with Crippen LogP contribution in [-0.4, -0.2) is 35.8 Å². The van der Waals surface area contributed by atoms with Gasteiger partial charge >= 0.3 is 0 Å². The van der Waals surface area contributed by atoms with E-state index in [2.05, 4.69) is 15.5 Å². The molecule has 1 N–H and O–H groups in total. The van der Waals surface area contributed by atoms with Crippen molar-refractivity contribution in [2.24, 2.45) is 0 Å². The van der Waals surface area contributed by atoms with Crippen molar-refractivity contribution >= 4 is 5.91 Å². The molecule has 0 saturated heterocycles. The standard InChI is InChI=1S/C13H15N3O3/c1-9(8-18-2)15-13(17)11-6-12(19-16-11)10-4-3-5-14-7-10/h3-7,9H,8H2,1-2H3,(H,15,17)/t9-/m0/s1. The summed E-state index contributed by atoms with van der Waals surface area (Å²) in [6.07, 6.45) is 3.32. The Morgan fingerprint density at radius 3 is 3.11 bits per heavy atom. The highest BCUT2D eigenvalue weighted by Crippen LogP contribution is 2.18. The summed E-state index contributed by atoms with van der Waals surface area (Å²) in [4.78, 5) is 15.9. The maximum absolute atomic E-state index is 11.9. The van der Waals surface area contributed by atoms with Gasteiger partial charge in [0.2, 0.25) is 0 Å². The number of pyridine rings is 1. The van der Waals surface area contributed by atoms with Gasteiger partial charge in [0.25, 0.3) is 5.91 Å². The summed E-state index contributed by atoms with van der Waals surface area (Å²) >= 11 is 0. The molecule has 0 aliphatic heterocycles. The Labute approximate surface area is 110 Å². The third kappa shape index (κ3) is 3.38. The molecule has 0 aliphatic carbocycles. The van der Waals surface area contributed by atoms with Gasteiger partial charge in [0.15, 0.2) is 11.5 Å². The summed E-state index contributed by atoms with van der Waals surface area (Å²) in [5.41, 5.74) is 1.01. The second-order valence-corrected chi connectivity index (χ2v) is 4.15. The van der Waals surface area contributed by atoms with Gasteiger partial charge in [-0.3, -0.25) is 9.78 Å². The summed E-state index contributed by atoms with van der Waals surface area (Å²) in [6, 6.07) is 5.13. The molecule has 2 heterocycles. The molecule has 0 saturated carbocycles. The van der Waals surface area contributed by atoms with Gasteiger partial charge in [-0.05, 0) is 19.1 Å². The van der Waals surface area contributed by atoms with E-state index in [0.717, 1.165) is 5.56 Å². The normalized spacial score (nSPS) is 12.1. The molecule has 0 radical (unpaired) electrons. The van der Waals surface area contributed by atoms with Crippen LogP contribution in [0.3, 0.4) is 0 Å². The lowest BCUT2D eigenvalue weighted by Gasteiger charge is -2.10. The van der Waals surface area contributed by atoms with E-state index in [1.54, 1.807) is 31.6 Å². The minimum absolute atomic E-state index is 0.0870. The Morgan fingerprint density at radius 2 is 2.42 bits per heavy atom. The van der Waals surface area contributed by atoms with Crippen LogP contribution < -0.4 is 5.32 Å². The van der Waals surface area contributed by atoms with E-state index in [1.807, 2.05) is 13.0 Å². The first-order chi connectivity index (χ1) is 9.20. The number of nitrogens with one attached hydrogen (secondary N) is 1. The van der Waals surface area contributed by atoms with Crippen molar-refractivity contribution in [1.82, 2.24) is 15.5 Å². The first-order valence-corrected chi connectivity index (χ1v) is 5.87. The van der Waals surface area contributed by atoms with E-state index in [0.29, 0.717) is 12.4 Å². The van der Waals surface area contributed by atoms with Crippen molar-refractivity contribution in [3.8, 4) is 11.3 Å². The SMILES string of the molecule is COC[C@H](C)NC(=O)c1cc(-c2cccnc2)on1. The molecule has 0 bridgehead atoms. The molecule has 0 aromatic carbocycles. The Kier molecular flexibility index (Phi) is 4.25. The molecule has 2 aromatic rings. The molecule has 2 aromatic heterocycles. The van der Waals surface area contributed by atoms with Crippen LogP contribution in [0.15, 0.2) is 35.1 Å². The van der Waals surface area contributed by atoms with Gasteiger partial charge in [0, 0.05) is 37.2 Å². The van der Waals surface area contributed by atoms with E-state index in [-0.39, 0.29) is 17.6 Å². The molecule has 100 valence electrons. The quantitative estimate of drug-likeness (QED) is 0.882. The summed E-state index contributed by atoms with van der Waals surface area (Å²) in [5.74, 6) is 0.223. The number of carbonyl (C=O) groups is 1. The minimum Gasteiger partial charge on any atom is -0.383 e. The van der Waals surface area contributed by atoms with Gasteiger partial charge in [-0.1, -0.05) is 5.16 Å². The predicted molar refractivity (Wildman–Crippen MR) is 68.5 cm³/mol. The number of nitrogens with zero attached hydrogens (tertiary/aromatic N) is 2. The maximum atomic E-state index is 11.9. The third-order valence-corrected chi connectivity index (χ3v) is 2.48. The number of hydrogen-bond acceptors (Lipinski definition) is 5. The molecular weight excluding hydrogens is 246 g/mol. The molecule has 1 amide bonds. The Hall–Kier alpha value is -2.21. The van der Waals surface area contributed by atoms with Crippen LogP contribution in [0, 0.1) is 0 Å². The van der Waals surface area contributed by atoms with Gasteiger partial charge in [0.1, 0.15) is 0 Å². The van der Waals surface area contributed by atoms with Gasteiger partial charge in [-0.25, -0.2) is 0 Å². The smallest absolute Gasteiger partial charge is 0.273 e. The fourth-order valence-corrected chi connectivity index (χ4v) is 1.62. The Morgan fingerprint density at radius 1 is 1.58 bits per heavy atom. The van der Waals surface area contributed by atoms with Crippen molar-refractivity contribution in [2.45, 2.75) is 13.0 Å². The van der Waals surface area contributed by atoms with Crippen LogP contribution in [0.5, 0.6) is 0 Å². The number of amides is 1. The number of methoxy groups -OCH3 is 1. The van der Waals surface area contributed by atoms with Gasteiger partial charge < -0.3 is 14.6 Å². The van der Waals surface area contributed by atoms with Crippen LogP contribution in [0.1, 0.15) is 17.4 Å². The molecule has 6 nitrogen and oxygen atoms in total. The highest BCUT2D eigenvalue weighted by atomic mass is 16.5. The average Bonchev–Trinajstić information content (AvgIpc) is 2.89. The van der Waals surface area contributed by atoms with Gasteiger partial charge in [-0.2, -0.15) is 0 Å². The largest absolute Gasteiger partial charge is 0.383 e. The third-order valence-electron chi connectivity index (χ3n) is 2.48. The Balaban J connectivity index is 2.07. The molecule has 0 fully saturated rings. The predicted octanol–water partition coefficient (Wildman–Crippen LogP) is 1.50. The molecular formula is C13H15N3O3. The Bertz CT molecular complexity index is 539. The second-order valence-electron chi connectivity index (χ2n) is 4.15. The fourth-order valence-electron chi connectivity index (χ4n) is 1.62. The molecule has 2 rings (SSSR count). The molecule has 19 heavy (non-hydrogen) atoms. The van der Waals surface area contributed by atoms with E-state index >= 15 is 0 Å². The average molecular weight is 261 g/mol. The number of aromatic nitrogens is 2. The fraction of sp³-hybridized carbons (Fsp3) is 0.308. The minimum atomic E-state index is -0.288. The van der Waals surface area contributed by atoms with Crippen molar-refractivity contribution in [1.29, 1.82) is 0 Å². The number of hydrogen-bond donors (Lipinski definition) is 1. The van der Waals surface area contributed by atoms with E-state index < -0.39 is 0 Å². The van der Waals surface area contributed by atoms with E-state index in [9.17, 15) is 4.79 Å². The highest BCUT2D eigenvalue weighted by Gasteiger charge is 2.15. The molecule has 0 aliphatic rings. The van der Waals surface area contributed by atoms with Crippen LogP contribution >= 0.6 is 0 Å². The van der Waals surface area contributed by atoms with E-state index in [1.165, 1.54) is 0 Å². The van der Waals surface area contributed by atoms with Crippen molar-refractivity contribution in [3.63, 3.8) is 0 Å². The number of carbonyl (C=O) groups excluding carboxylic acids is 1. The van der Waals surface area contributed by atoms with Crippen LogP contribution in [-0.2, 0) is 4.74 Å². The number of rotatable bonds is 5. The molecule has 0 spiro atoms. The topological polar surface area (TPSA) is 77.2 Å². The highest BCUT2D eigenvalue weighted by molar-refractivity contribution is 5.93. The summed E-state index contributed by atoms with van der Waals surface area (Å²) in [5, 5.41) is 6.51. The van der Waals surface area contributed by atoms with Gasteiger partial charge in [0.05, 0.1) is 6.61 Å². The zero-order valence-electron chi connectivity index (χ0n) is 10.8. The van der Waals surface area contributed by atoms with Gasteiger partial charge in [-0.15, -0.1) is 0 Å². The summed E-state index contributed by atoms with van der Waals surface area (Å²) in [6.45, 7) is 2.29. The monoisotopic (exact) mass is 261 g/mol. The van der Waals surface area contributed by atoms with Crippen LogP contribution in [0.4, 0.5) is 0 Å². The summed E-state index contributed by atoms with van der Waals surface area (Å²) in [7, 11) is 1.58. The first kappa shape index (κ1) is 13.2.